The fourth-order valence-corrected chi connectivity index (χ4v) is 6.99. The van der Waals surface area contributed by atoms with E-state index in [1.165, 1.54) is 0 Å². The van der Waals surface area contributed by atoms with Gasteiger partial charge in [-0.15, -0.1) is 0 Å². The summed E-state index contributed by atoms with van der Waals surface area (Å²) in [6.07, 6.45) is 3.05. The van der Waals surface area contributed by atoms with Gasteiger partial charge in [-0.05, 0) is 70.0 Å². The zero-order valence-electron chi connectivity index (χ0n) is 28.8. The van der Waals surface area contributed by atoms with Gasteiger partial charge in [-0.25, -0.2) is 9.69 Å². The van der Waals surface area contributed by atoms with Gasteiger partial charge in [0.1, 0.15) is 0 Å². The molecule has 14 heteroatoms. The summed E-state index contributed by atoms with van der Waals surface area (Å²) in [6.45, 7) is 15.9. The lowest BCUT2D eigenvalue weighted by Gasteiger charge is -2.38. The van der Waals surface area contributed by atoms with Crippen molar-refractivity contribution in [3.63, 3.8) is 0 Å². The number of aromatic nitrogens is 4. The molecule has 0 spiro atoms. The number of benzene rings is 2. The van der Waals surface area contributed by atoms with Crippen molar-refractivity contribution in [2.45, 2.75) is 51.2 Å². The van der Waals surface area contributed by atoms with Crippen LogP contribution in [-0.4, -0.2) is 91.3 Å². The van der Waals surface area contributed by atoms with Crippen molar-refractivity contribution in [3.8, 4) is 0 Å². The summed E-state index contributed by atoms with van der Waals surface area (Å²) >= 11 is 0. The minimum absolute atomic E-state index is 0.0247. The van der Waals surface area contributed by atoms with Crippen molar-refractivity contribution in [2.24, 2.45) is 19.8 Å². The van der Waals surface area contributed by atoms with Gasteiger partial charge in [0, 0.05) is 62.6 Å². The maximum absolute atomic E-state index is 12.2. The van der Waals surface area contributed by atoms with Crippen molar-refractivity contribution >= 4 is 62.7 Å². The number of carboxylic acid groups (broad SMARTS) is 1. The van der Waals surface area contributed by atoms with Gasteiger partial charge in [-0.1, -0.05) is 25.3 Å². The minimum atomic E-state index is -0.864. The molecule has 0 unspecified atom stereocenters. The maximum atomic E-state index is 12.2. The second-order valence-corrected chi connectivity index (χ2v) is 13.4. The number of para-hydroxylation sites is 2. The van der Waals surface area contributed by atoms with Gasteiger partial charge < -0.3 is 26.4 Å². The second kappa shape index (κ2) is 13.6. The number of nitrogens with zero attached hydrogens (tertiary/aromatic N) is 8. The van der Waals surface area contributed by atoms with E-state index in [0.717, 1.165) is 77.3 Å². The number of anilines is 4. The van der Waals surface area contributed by atoms with Crippen LogP contribution in [0.15, 0.2) is 61.7 Å². The van der Waals surface area contributed by atoms with E-state index in [-0.39, 0.29) is 17.9 Å². The van der Waals surface area contributed by atoms with E-state index < -0.39 is 23.4 Å². The number of nitrogen functional groups attached to an aromatic ring is 1. The molecular formula is C35H46N10O4. The molecule has 0 aliphatic carbocycles. The van der Waals surface area contributed by atoms with Crippen LogP contribution in [0.2, 0.25) is 0 Å². The Balaban J connectivity index is 0.000000191. The average Bonchev–Trinajstić information content (AvgIpc) is 3.84. The highest BCUT2D eigenvalue weighted by atomic mass is 16.4. The molecule has 0 radical (unpaired) electrons. The zero-order chi connectivity index (χ0) is 35.8. The summed E-state index contributed by atoms with van der Waals surface area (Å²) in [4.78, 5) is 43.1. The number of rotatable bonds is 6. The summed E-state index contributed by atoms with van der Waals surface area (Å²) in [5, 5.41) is 20.0. The van der Waals surface area contributed by atoms with Crippen molar-refractivity contribution < 1.29 is 19.5 Å². The molecule has 2 saturated heterocycles. The fourth-order valence-electron chi connectivity index (χ4n) is 6.99. The van der Waals surface area contributed by atoms with Gasteiger partial charge in [-0.2, -0.15) is 10.2 Å². The molecule has 2 aromatic heterocycles. The van der Waals surface area contributed by atoms with Crippen LogP contribution in [-0.2, 0) is 23.7 Å². The third kappa shape index (κ3) is 6.68. The molecular weight excluding hydrogens is 624 g/mol. The Bertz CT molecular complexity index is 1900. The molecule has 2 aromatic carbocycles. The quantitative estimate of drug-likeness (QED) is 0.256. The summed E-state index contributed by atoms with van der Waals surface area (Å²) in [7, 11) is 3.68. The van der Waals surface area contributed by atoms with Crippen molar-refractivity contribution in [3.05, 3.63) is 61.7 Å². The zero-order valence-corrected chi connectivity index (χ0v) is 28.8. The molecule has 2 fully saturated rings. The maximum Gasteiger partial charge on any atom is 0.408 e. The van der Waals surface area contributed by atoms with Crippen LogP contribution in [0.3, 0.4) is 0 Å². The first-order valence-corrected chi connectivity index (χ1v) is 16.3. The predicted molar refractivity (Wildman–Crippen MR) is 194 cm³/mol. The van der Waals surface area contributed by atoms with E-state index >= 15 is 0 Å². The Kier molecular flexibility index (Phi) is 9.72. The largest absolute Gasteiger partial charge is 0.465 e. The molecule has 6 rings (SSSR count). The second-order valence-electron chi connectivity index (χ2n) is 13.4. The van der Waals surface area contributed by atoms with Crippen LogP contribution in [0, 0.1) is 0 Å². The highest BCUT2D eigenvalue weighted by Crippen LogP contribution is 2.36. The Morgan fingerprint density at radius 1 is 0.878 bits per heavy atom. The average molecular weight is 671 g/mol. The number of imide groups is 1. The first-order chi connectivity index (χ1) is 23.2. The first kappa shape index (κ1) is 35.0. The van der Waals surface area contributed by atoms with E-state index in [4.69, 9.17) is 11.5 Å². The van der Waals surface area contributed by atoms with Gasteiger partial charge in [0.15, 0.2) is 11.6 Å². The fraction of sp³-hybridized carbons (Fsp3) is 0.400. The Labute approximate surface area is 285 Å². The van der Waals surface area contributed by atoms with Crippen molar-refractivity contribution in [1.29, 1.82) is 0 Å². The summed E-state index contributed by atoms with van der Waals surface area (Å²) in [5.74, 6) is -0.290. The van der Waals surface area contributed by atoms with Crippen LogP contribution in [0.5, 0.6) is 0 Å². The monoisotopic (exact) mass is 670 g/mol. The molecule has 5 N–H and O–H groups in total. The summed E-state index contributed by atoms with van der Waals surface area (Å²) < 4.78 is 3.48. The molecule has 2 atom stereocenters. The molecule has 0 bridgehead atoms. The lowest BCUT2D eigenvalue weighted by atomic mass is 10.0. The number of hydrogen-bond donors (Lipinski definition) is 3. The van der Waals surface area contributed by atoms with Crippen molar-refractivity contribution in [1.82, 2.24) is 24.5 Å². The topological polar surface area (TPSA) is 172 Å². The van der Waals surface area contributed by atoms with Gasteiger partial charge in [0.25, 0.3) is 11.8 Å². The molecule has 4 heterocycles. The number of amides is 3. The van der Waals surface area contributed by atoms with Gasteiger partial charge in [-0.3, -0.25) is 23.9 Å². The molecule has 2 aliphatic heterocycles. The predicted octanol–water partition coefficient (Wildman–Crippen LogP) is 3.86. The van der Waals surface area contributed by atoms with Crippen LogP contribution in [0.1, 0.15) is 33.6 Å². The SMILES string of the molecule is C=CC(=O)N(C(=O)C=C)c1nn(C)c2c(N3CC[C@@H](N)C3)cccc12.Cn1nc(N)c2cccc(N3CC[C@@H](N(C(=O)O)C(C)(C)C)C3)c21. The molecule has 0 saturated carbocycles. The molecule has 49 heavy (non-hydrogen) atoms. The number of aryl methyl sites for hydroxylation is 2. The van der Waals surface area contributed by atoms with Crippen molar-refractivity contribution in [2.75, 3.05) is 46.6 Å². The van der Waals surface area contributed by atoms with E-state index in [9.17, 15) is 19.5 Å². The number of carbonyl (C=O) groups is 3. The van der Waals surface area contributed by atoms with E-state index in [2.05, 4.69) is 33.2 Å². The third-order valence-corrected chi connectivity index (χ3v) is 9.06. The lowest BCUT2D eigenvalue weighted by molar-refractivity contribution is -0.121. The number of fused-ring (bicyclic) bond motifs is 2. The van der Waals surface area contributed by atoms with Gasteiger partial charge in [0.2, 0.25) is 0 Å². The Morgan fingerprint density at radius 3 is 1.94 bits per heavy atom. The van der Waals surface area contributed by atoms with Gasteiger partial charge >= 0.3 is 6.09 Å². The van der Waals surface area contributed by atoms with E-state index in [1.807, 2.05) is 64.2 Å². The van der Waals surface area contributed by atoms with Gasteiger partial charge in [0.05, 0.1) is 28.5 Å². The Morgan fingerprint density at radius 2 is 1.41 bits per heavy atom. The highest BCUT2D eigenvalue weighted by molar-refractivity contribution is 6.24. The number of nitrogens with two attached hydrogens (primary N) is 2. The molecule has 14 nitrogen and oxygen atoms in total. The number of hydrogen-bond acceptors (Lipinski definition) is 9. The first-order valence-electron chi connectivity index (χ1n) is 16.3. The van der Waals surface area contributed by atoms with Crippen LogP contribution >= 0.6 is 0 Å². The number of carbonyl (C=O) groups excluding carboxylic acids is 2. The standard InChI is InChI=1S/C18H21N5O2.C17H25N5O2/c1-4-15(24)23(16(25)5-2)18-13-7-6-8-14(17(13)21(3)20-18)22-10-9-12(19)11-22;1-17(2,3)22(16(23)24)11-8-9-21(10-11)13-7-5-6-12-14(13)20(4)19-15(12)18/h4-8,12H,1-2,9-11,19H2,3H3;5-7,11H,8-10H2,1-4H3,(H2,18,19)(H,23,24)/t12-;11-/m11/s1. The normalized spacial score (nSPS) is 17.6. The molecule has 2 aliphatic rings. The Hall–Kier alpha value is -5.37. The smallest absolute Gasteiger partial charge is 0.408 e. The van der Waals surface area contributed by atoms with E-state index in [1.54, 1.807) is 21.3 Å². The van der Waals surface area contributed by atoms with Crippen LogP contribution in [0.4, 0.5) is 27.8 Å². The molecule has 3 amide bonds. The lowest BCUT2D eigenvalue weighted by Crippen LogP contribution is -2.52. The summed E-state index contributed by atoms with van der Waals surface area (Å²) in [6, 6.07) is 11.8. The third-order valence-electron chi connectivity index (χ3n) is 9.06. The molecule has 260 valence electrons. The highest BCUT2D eigenvalue weighted by Gasteiger charge is 2.38. The van der Waals surface area contributed by atoms with Crippen LogP contribution in [0.25, 0.3) is 21.8 Å². The van der Waals surface area contributed by atoms with E-state index in [0.29, 0.717) is 17.7 Å². The van der Waals surface area contributed by atoms with Crippen LogP contribution < -0.4 is 26.2 Å². The minimum Gasteiger partial charge on any atom is -0.465 e. The summed E-state index contributed by atoms with van der Waals surface area (Å²) in [5.41, 5.74) is 15.5. The molecule has 4 aromatic rings.